The molecule has 3 N–H and O–H groups in total. The van der Waals surface area contributed by atoms with Crippen molar-refractivity contribution in [3.05, 3.63) is 23.8 Å². The molecule has 214 valence electrons. The number of nitrogens with one attached hydrogen (secondary N) is 1. The highest BCUT2D eigenvalue weighted by atomic mass is 16.6. The van der Waals surface area contributed by atoms with Crippen LogP contribution in [0, 0.1) is 17.8 Å². The van der Waals surface area contributed by atoms with Gasteiger partial charge in [0, 0.05) is 26.0 Å². The number of aliphatic hydroxyl groups is 2. The molecule has 37 heavy (non-hydrogen) atoms. The van der Waals surface area contributed by atoms with E-state index in [0.717, 1.165) is 19.3 Å². The summed E-state index contributed by atoms with van der Waals surface area (Å²) in [5, 5.41) is 21.7. The zero-order valence-electron chi connectivity index (χ0n) is 23.9. The minimum atomic E-state index is -0.531. The summed E-state index contributed by atoms with van der Waals surface area (Å²) in [7, 11) is 1.64. The van der Waals surface area contributed by atoms with Gasteiger partial charge in [-0.25, -0.2) is 0 Å². The van der Waals surface area contributed by atoms with Gasteiger partial charge in [0.2, 0.25) is 5.91 Å². The van der Waals surface area contributed by atoms with Gasteiger partial charge in [0.05, 0.1) is 55.9 Å². The number of epoxide rings is 1. The van der Waals surface area contributed by atoms with Gasteiger partial charge in [-0.2, -0.15) is 0 Å². The molecule has 8 heteroatoms. The van der Waals surface area contributed by atoms with Crippen molar-refractivity contribution in [2.75, 3.05) is 33.5 Å². The van der Waals surface area contributed by atoms with Gasteiger partial charge in [-0.15, -0.1) is 0 Å². The summed E-state index contributed by atoms with van der Waals surface area (Å²) in [4.78, 5) is 12.0. The normalized spacial score (nSPS) is 31.6. The summed E-state index contributed by atoms with van der Waals surface area (Å²) in [5.41, 5.74) is 0.988. The highest BCUT2D eigenvalue weighted by Gasteiger charge is 2.56. The first-order valence-electron chi connectivity index (χ1n) is 13.9. The van der Waals surface area contributed by atoms with Crippen LogP contribution in [-0.4, -0.2) is 85.7 Å². The van der Waals surface area contributed by atoms with E-state index in [2.05, 4.69) is 58.2 Å². The first-order chi connectivity index (χ1) is 17.5. The van der Waals surface area contributed by atoms with Crippen molar-refractivity contribution in [2.45, 2.75) is 103 Å². The molecule has 0 aromatic rings. The third-order valence-corrected chi connectivity index (χ3v) is 7.69. The Morgan fingerprint density at radius 2 is 1.97 bits per heavy atom. The molecule has 0 aromatic heterocycles. The van der Waals surface area contributed by atoms with E-state index in [1.165, 1.54) is 5.57 Å². The lowest BCUT2D eigenvalue weighted by atomic mass is 9.85. The molecule has 2 rings (SSSR count). The number of rotatable bonds is 16. The lowest BCUT2D eigenvalue weighted by molar-refractivity contribution is -0.124. The summed E-state index contributed by atoms with van der Waals surface area (Å²) < 4.78 is 23.1. The Balaban J connectivity index is 1.81. The van der Waals surface area contributed by atoms with E-state index in [1.54, 1.807) is 14.0 Å². The Bertz CT molecular complexity index is 755. The van der Waals surface area contributed by atoms with Crippen molar-refractivity contribution in [1.82, 2.24) is 5.32 Å². The van der Waals surface area contributed by atoms with Crippen LogP contribution in [0.3, 0.4) is 0 Å². The zero-order valence-corrected chi connectivity index (χ0v) is 23.9. The molecule has 1 unspecified atom stereocenters. The molecule has 0 bridgehead atoms. The van der Waals surface area contributed by atoms with Crippen molar-refractivity contribution < 1.29 is 34.0 Å². The predicted octanol–water partition coefficient (Wildman–Crippen LogP) is 3.40. The number of amides is 1. The van der Waals surface area contributed by atoms with E-state index >= 15 is 0 Å². The van der Waals surface area contributed by atoms with E-state index < -0.39 is 6.10 Å². The molecular formula is C29H51NO7. The number of allylic oxidation sites excluding steroid dienone is 3. The van der Waals surface area contributed by atoms with Crippen LogP contribution in [0.4, 0.5) is 0 Å². The third kappa shape index (κ3) is 10.1. The lowest BCUT2D eigenvalue weighted by Crippen LogP contribution is -2.41. The fourth-order valence-electron chi connectivity index (χ4n) is 5.67. The molecule has 9 atom stereocenters. The van der Waals surface area contributed by atoms with Gasteiger partial charge in [-0.3, -0.25) is 4.79 Å². The summed E-state index contributed by atoms with van der Waals surface area (Å²) in [5.74, 6) is 0.822. The summed E-state index contributed by atoms with van der Waals surface area (Å²) >= 11 is 0. The minimum Gasteiger partial charge on any atom is -0.394 e. The smallest absolute Gasteiger partial charge is 0.222 e. The van der Waals surface area contributed by atoms with Crippen molar-refractivity contribution in [1.29, 1.82) is 0 Å². The van der Waals surface area contributed by atoms with Gasteiger partial charge in [0.1, 0.15) is 0 Å². The number of methoxy groups -OCH3 is 1. The Kier molecular flexibility index (Phi) is 13.2. The number of hydrogen-bond acceptors (Lipinski definition) is 7. The van der Waals surface area contributed by atoms with Gasteiger partial charge >= 0.3 is 0 Å². The summed E-state index contributed by atoms with van der Waals surface area (Å²) in [6.45, 7) is 13.5. The second kappa shape index (κ2) is 15.3. The molecule has 0 aromatic carbocycles. The first kappa shape index (κ1) is 31.9. The Morgan fingerprint density at radius 3 is 2.62 bits per heavy atom. The maximum absolute atomic E-state index is 12.0. The van der Waals surface area contributed by atoms with Gasteiger partial charge in [0.15, 0.2) is 0 Å². The minimum absolute atomic E-state index is 0.00165. The monoisotopic (exact) mass is 525 g/mol. The third-order valence-electron chi connectivity index (χ3n) is 7.69. The number of ether oxygens (including phenoxy) is 4. The Labute approximate surface area is 223 Å². The number of hydrogen-bond donors (Lipinski definition) is 3. The van der Waals surface area contributed by atoms with Crippen LogP contribution in [0.25, 0.3) is 0 Å². The number of carbonyl (C=O) groups excluding carboxylic acids is 1. The highest BCUT2D eigenvalue weighted by Crippen LogP contribution is 2.47. The van der Waals surface area contributed by atoms with Crippen LogP contribution in [0.2, 0.25) is 0 Å². The second-order valence-electron chi connectivity index (χ2n) is 11.3. The van der Waals surface area contributed by atoms with Crippen LogP contribution < -0.4 is 5.32 Å². The lowest BCUT2D eigenvalue weighted by Gasteiger charge is -2.35. The second-order valence-corrected chi connectivity index (χ2v) is 11.3. The standard InChI is InChI=1S/C29H51NO7/c1-19(17-29(6)28(37-29)22(4)27(34-7)23(5)32)9-8-10-20(2)26-21(3)11-12-24(36-26)18-30-25(33)13-15-35-16-14-31/h8-10,19,21-24,26-28,31-32H,11-18H2,1-7H3,(H,30,33)/b9-8+,20-10+/t19?,21-,22+,23+,24+,26+,27+,28+,29+/m0/s1. The van der Waals surface area contributed by atoms with Crippen LogP contribution in [-0.2, 0) is 23.7 Å². The molecule has 0 spiro atoms. The zero-order chi connectivity index (χ0) is 27.6. The molecule has 2 fully saturated rings. The Morgan fingerprint density at radius 1 is 1.24 bits per heavy atom. The van der Waals surface area contributed by atoms with Crippen molar-refractivity contribution in [3.63, 3.8) is 0 Å². The van der Waals surface area contributed by atoms with Crippen LogP contribution in [0.5, 0.6) is 0 Å². The molecule has 1 amide bonds. The van der Waals surface area contributed by atoms with Crippen LogP contribution >= 0.6 is 0 Å². The van der Waals surface area contributed by atoms with Crippen molar-refractivity contribution >= 4 is 5.91 Å². The summed E-state index contributed by atoms with van der Waals surface area (Å²) in [6.07, 6.45) is 9.00. The number of carbonyl (C=O) groups is 1. The molecule has 0 saturated carbocycles. The topological polar surface area (TPSA) is 110 Å². The molecule has 2 aliphatic heterocycles. The van der Waals surface area contributed by atoms with Crippen molar-refractivity contribution in [3.8, 4) is 0 Å². The molecular weight excluding hydrogens is 474 g/mol. The maximum Gasteiger partial charge on any atom is 0.222 e. The molecule has 0 aliphatic carbocycles. The fraction of sp³-hybridized carbons (Fsp3) is 0.828. The van der Waals surface area contributed by atoms with E-state index in [0.29, 0.717) is 25.0 Å². The van der Waals surface area contributed by atoms with E-state index in [1.807, 2.05) is 0 Å². The Hall–Kier alpha value is -1.29. The molecule has 2 saturated heterocycles. The maximum atomic E-state index is 12.0. The van der Waals surface area contributed by atoms with Crippen molar-refractivity contribution in [2.24, 2.45) is 17.8 Å². The van der Waals surface area contributed by atoms with Gasteiger partial charge < -0.3 is 34.5 Å². The van der Waals surface area contributed by atoms with Gasteiger partial charge in [-0.1, -0.05) is 39.0 Å². The molecule has 0 radical (unpaired) electrons. The van der Waals surface area contributed by atoms with Gasteiger partial charge in [0.25, 0.3) is 0 Å². The fourth-order valence-corrected chi connectivity index (χ4v) is 5.67. The largest absolute Gasteiger partial charge is 0.394 e. The number of aliphatic hydroxyl groups excluding tert-OH is 2. The summed E-state index contributed by atoms with van der Waals surface area (Å²) in [6, 6.07) is 0. The average Bonchev–Trinajstić information content (AvgIpc) is 3.51. The predicted molar refractivity (Wildman–Crippen MR) is 144 cm³/mol. The van der Waals surface area contributed by atoms with E-state index in [9.17, 15) is 9.90 Å². The van der Waals surface area contributed by atoms with E-state index in [4.69, 9.17) is 24.1 Å². The van der Waals surface area contributed by atoms with Gasteiger partial charge in [-0.05, 0) is 57.4 Å². The highest BCUT2D eigenvalue weighted by molar-refractivity contribution is 5.75. The molecule has 8 nitrogen and oxygen atoms in total. The van der Waals surface area contributed by atoms with Crippen LogP contribution in [0.1, 0.15) is 67.2 Å². The van der Waals surface area contributed by atoms with E-state index in [-0.39, 0.29) is 61.5 Å². The first-order valence-corrected chi connectivity index (χ1v) is 13.9. The average molecular weight is 526 g/mol. The SMILES string of the molecule is CO[C@H]([C@@H](C)[C@H]1O[C@]1(C)CC(C)/C=C/C=C(\C)[C@H]1O[C@@H](CNC(=O)CCOCCO)CC[C@@H]1C)[C@@H](C)O. The van der Waals surface area contributed by atoms with Crippen LogP contribution in [0.15, 0.2) is 23.8 Å². The molecule has 2 aliphatic rings. The molecule has 2 heterocycles. The quantitative estimate of drug-likeness (QED) is 0.161.